The van der Waals surface area contributed by atoms with Crippen LogP contribution in [0.5, 0.6) is 0 Å². The number of hydrogen-bond donors (Lipinski definition) is 0. The Morgan fingerprint density at radius 2 is 1.70 bits per heavy atom. The fraction of sp³-hybridized carbons (Fsp3) is 0.778. The van der Waals surface area contributed by atoms with Crippen LogP contribution >= 0.6 is 0 Å². The molecule has 0 radical (unpaired) electrons. The molecule has 2 heterocycles. The summed E-state index contributed by atoms with van der Waals surface area (Å²) in [7, 11) is -0.848. The molecule has 0 spiro atoms. The van der Waals surface area contributed by atoms with Crippen LogP contribution in [0.4, 0.5) is 4.39 Å². The predicted octanol–water partition coefficient (Wildman–Crippen LogP) is 4.52. The second-order valence-electron chi connectivity index (χ2n) is 7.92. The van der Waals surface area contributed by atoms with Crippen molar-refractivity contribution in [1.29, 1.82) is 0 Å². The molecule has 0 aromatic carbocycles. The molecule has 2 saturated heterocycles. The molecule has 3 aliphatic rings. The summed E-state index contributed by atoms with van der Waals surface area (Å²) in [5, 5.41) is 0. The van der Waals surface area contributed by atoms with Gasteiger partial charge in [-0.15, -0.1) is 0 Å². The highest BCUT2D eigenvalue weighted by atomic mass is 19.1. The van der Waals surface area contributed by atoms with Gasteiger partial charge < -0.3 is 14.0 Å². The normalized spacial score (nSPS) is 30.0. The van der Waals surface area contributed by atoms with Gasteiger partial charge in [0.05, 0.1) is 17.3 Å². The first-order chi connectivity index (χ1) is 10.8. The van der Waals surface area contributed by atoms with Crippen LogP contribution in [-0.4, -0.2) is 31.0 Å². The molecule has 0 amide bonds. The summed E-state index contributed by atoms with van der Waals surface area (Å²) in [6.45, 7) is 8.68. The lowest BCUT2D eigenvalue weighted by atomic mass is 9.79. The number of halogens is 1. The van der Waals surface area contributed by atoms with Crippen LogP contribution in [0, 0.1) is 0 Å². The first-order valence-corrected chi connectivity index (χ1v) is 8.83. The summed E-state index contributed by atoms with van der Waals surface area (Å²) in [6.07, 6.45) is 8.16. The van der Waals surface area contributed by atoms with Crippen molar-refractivity contribution in [3.8, 4) is 0 Å². The fourth-order valence-corrected chi connectivity index (χ4v) is 3.39. The maximum atomic E-state index is 14.8. The average Bonchev–Trinajstić information content (AvgIpc) is 3.05. The van der Waals surface area contributed by atoms with Crippen molar-refractivity contribution in [2.45, 2.75) is 83.5 Å². The molecule has 3 fully saturated rings. The topological polar surface area (TPSA) is 27.7 Å². The van der Waals surface area contributed by atoms with Crippen molar-refractivity contribution >= 4 is 7.12 Å². The van der Waals surface area contributed by atoms with Crippen LogP contribution in [0.1, 0.15) is 66.2 Å². The highest BCUT2D eigenvalue weighted by Gasteiger charge is 2.53. The molecule has 0 N–H and O–H groups in total. The zero-order valence-electron chi connectivity index (χ0n) is 14.8. The number of hydrogen-bond acceptors (Lipinski definition) is 3. The lowest BCUT2D eigenvalue weighted by Gasteiger charge is -2.32. The second-order valence-corrected chi connectivity index (χ2v) is 7.92. The van der Waals surface area contributed by atoms with Crippen LogP contribution in [0.15, 0.2) is 22.9 Å². The van der Waals surface area contributed by atoms with E-state index < -0.39 is 18.3 Å². The van der Waals surface area contributed by atoms with Crippen LogP contribution < -0.4 is 0 Å². The Balaban J connectivity index is 1.63. The highest BCUT2D eigenvalue weighted by molar-refractivity contribution is 6.53. The Hall–Kier alpha value is -0.645. The van der Waals surface area contributed by atoms with Gasteiger partial charge in [-0.05, 0) is 71.8 Å². The van der Waals surface area contributed by atoms with Gasteiger partial charge in [0.1, 0.15) is 5.73 Å². The van der Waals surface area contributed by atoms with E-state index in [-0.39, 0.29) is 11.8 Å². The Morgan fingerprint density at radius 1 is 1.09 bits per heavy atom. The molecule has 5 heteroatoms. The molecule has 1 aliphatic carbocycles. The molecule has 0 aromatic heterocycles. The monoisotopic (exact) mass is 322 g/mol. The third-order valence-corrected chi connectivity index (χ3v) is 5.68. The first-order valence-electron chi connectivity index (χ1n) is 8.83. The SMILES string of the molecule is CC1(C)OB(C(F)=C2CCC(=CC3CCCO3)CC2)OC1(C)C. The predicted molar refractivity (Wildman–Crippen MR) is 89.7 cm³/mol. The molecule has 1 atom stereocenters. The molecule has 2 aliphatic heterocycles. The van der Waals surface area contributed by atoms with E-state index in [4.69, 9.17) is 14.0 Å². The minimum Gasteiger partial charge on any atom is -0.398 e. The van der Waals surface area contributed by atoms with Crippen LogP contribution in [-0.2, 0) is 14.0 Å². The number of rotatable bonds is 2. The molecule has 1 saturated carbocycles. The van der Waals surface area contributed by atoms with Gasteiger partial charge >= 0.3 is 7.12 Å². The van der Waals surface area contributed by atoms with Gasteiger partial charge in [0.25, 0.3) is 0 Å². The molecule has 23 heavy (non-hydrogen) atoms. The van der Waals surface area contributed by atoms with Gasteiger partial charge in [0.15, 0.2) is 0 Å². The summed E-state index contributed by atoms with van der Waals surface area (Å²) in [5.74, 6) is 0. The van der Waals surface area contributed by atoms with E-state index in [0.717, 1.165) is 50.7 Å². The lowest BCUT2D eigenvalue weighted by Crippen LogP contribution is -2.41. The van der Waals surface area contributed by atoms with Crippen molar-refractivity contribution < 1.29 is 18.4 Å². The lowest BCUT2D eigenvalue weighted by molar-refractivity contribution is 0.00578. The Labute approximate surface area is 139 Å². The summed E-state index contributed by atoms with van der Waals surface area (Å²) >= 11 is 0. The summed E-state index contributed by atoms with van der Waals surface area (Å²) in [4.78, 5) is 0. The second kappa shape index (κ2) is 6.34. The van der Waals surface area contributed by atoms with Crippen LogP contribution in [0.25, 0.3) is 0 Å². The largest absolute Gasteiger partial charge is 0.525 e. The van der Waals surface area contributed by atoms with E-state index >= 15 is 0 Å². The molecule has 3 rings (SSSR count). The maximum absolute atomic E-state index is 14.8. The Bertz CT molecular complexity index is 490. The quantitative estimate of drug-likeness (QED) is 0.552. The zero-order valence-corrected chi connectivity index (χ0v) is 14.8. The van der Waals surface area contributed by atoms with Crippen LogP contribution in [0.2, 0.25) is 0 Å². The first kappa shape index (κ1) is 17.2. The van der Waals surface area contributed by atoms with Crippen molar-refractivity contribution in [3.05, 3.63) is 22.9 Å². The summed E-state index contributed by atoms with van der Waals surface area (Å²) < 4.78 is 32.1. The number of ether oxygens (including phenoxy) is 1. The molecule has 128 valence electrons. The Morgan fingerprint density at radius 3 is 2.22 bits per heavy atom. The van der Waals surface area contributed by atoms with E-state index in [0.29, 0.717) is 0 Å². The Kier molecular flexibility index (Phi) is 4.74. The third kappa shape index (κ3) is 3.57. The molecule has 0 aromatic rings. The van der Waals surface area contributed by atoms with E-state index in [1.165, 1.54) is 5.57 Å². The smallest absolute Gasteiger partial charge is 0.398 e. The van der Waals surface area contributed by atoms with Gasteiger partial charge in [-0.3, -0.25) is 0 Å². The standard InChI is InChI=1S/C18H28BFO3/c1-17(2)18(3,4)23-19(22-17)16(20)14-9-7-13(8-10-14)12-15-6-5-11-21-15/h12,15H,5-11H2,1-4H3. The van der Waals surface area contributed by atoms with Gasteiger partial charge in [0.2, 0.25) is 0 Å². The van der Waals surface area contributed by atoms with Crippen molar-refractivity contribution in [2.24, 2.45) is 0 Å². The molecule has 0 bridgehead atoms. The minimum atomic E-state index is -0.848. The molecule has 3 nitrogen and oxygen atoms in total. The fourth-order valence-electron chi connectivity index (χ4n) is 3.39. The number of allylic oxidation sites excluding steroid dienone is 2. The average molecular weight is 322 g/mol. The van der Waals surface area contributed by atoms with Crippen molar-refractivity contribution in [1.82, 2.24) is 0 Å². The highest BCUT2D eigenvalue weighted by Crippen LogP contribution is 2.41. The maximum Gasteiger partial charge on any atom is 0.525 e. The summed E-state index contributed by atoms with van der Waals surface area (Å²) in [6, 6.07) is 0. The third-order valence-electron chi connectivity index (χ3n) is 5.68. The minimum absolute atomic E-state index is 0.209. The van der Waals surface area contributed by atoms with Crippen LogP contribution in [0.3, 0.4) is 0 Å². The molecular formula is C18H28BFO3. The molecular weight excluding hydrogens is 294 g/mol. The van der Waals surface area contributed by atoms with Gasteiger partial charge in [-0.1, -0.05) is 11.6 Å². The summed E-state index contributed by atoms with van der Waals surface area (Å²) in [5.41, 5.74) is 1.07. The van der Waals surface area contributed by atoms with Gasteiger partial charge in [-0.25, -0.2) is 4.39 Å². The van der Waals surface area contributed by atoms with Gasteiger partial charge in [-0.2, -0.15) is 0 Å². The van der Waals surface area contributed by atoms with E-state index in [2.05, 4.69) is 6.08 Å². The molecule has 1 unspecified atom stereocenters. The van der Waals surface area contributed by atoms with Crippen molar-refractivity contribution in [3.63, 3.8) is 0 Å². The van der Waals surface area contributed by atoms with Crippen molar-refractivity contribution in [2.75, 3.05) is 6.61 Å². The van der Waals surface area contributed by atoms with E-state index in [9.17, 15) is 4.39 Å². The van der Waals surface area contributed by atoms with Gasteiger partial charge in [0, 0.05) is 6.61 Å². The van der Waals surface area contributed by atoms with E-state index in [1.54, 1.807) is 0 Å². The van der Waals surface area contributed by atoms with E-state index in [1.807, 2.05) is 27.7 Å². The zero-order chi connectivity index (χ0) is 16.7.